The zero-order valence-electron chi connectivity index (χ0n) is 16.3. The van der Waals surface area contributed by atoms with Gasteiger partial charge in [-0.3, -0.25) is 4.79 Å². The molecule has 0 radical (unpaired) electrons. The average Bonchev–Trinajstić information content (AvgIpc) is 2.64. The van der Waals surface area contributed by atoms with Crippen molar-refractivity contribution in [3.63, 3.8) is 0 Å². The molecule has 2 rings (SSSR count). The Morgan fingerprint density at radius 3 is 2.26 bits per heavy atom. The second-order valence-corrected chi connectivity index (χ2v) is 6.35. The Morgan fingerprint density at radius 2 is 1.67 bits per heavy atom. The van der Waals surface area contributed by atoms with E-state index >= 15 is 0 Å². The number of esters is 1. The molecule has 0 bridgehead atoms. The molecule has 0 fully saturated rings. The normalized spacial score (nSPS) is 11.4. The Morgan fingerprint density at radius 1 is 1.00 bits per heavy atom. The van der Waals surface area contributed by atoms with Gasteiger partial charge in [-0.05, 0) is 51.1 Å². The van der Waals surface area contributed by atoms with Crippen molar-refractivity contribution in [2.45, 2.75) is 26.8 Å². The SMILES string of the molecule is COc1ccc(OC)c([C@H](C)NC(=O)COC(=O)c2cc(C)cc(C)c2)c1. The molecule has 144 valence electrons. The first-order valence-electron chi connectivity index (χ1n) is 8.60. The third-order valence-electron chi connectivity index (χ3n) is 4.07. The largest absolute Gasteiger partial charge is 0.497 e. The molecule has 6 heteroatoms. The molecular weight excluding hydrogens is 346 g/mol. The number of carbonyl (C=O) groups excluding carboxylic acids is 2. The van der Waals surface area contributed by atoms with E-state index in [9.17, 15) is 9.59 Å². The van der Waals surface area contributed by atoms with Crippen LogP contribution in [0.25, 0.3) is 0 Å². The summed E-state index contributed by atoms with van der Waals surface area (Å²) in [7, 11) is 3.13. The van der Waals surface area contributed by atoms with Crippen molar-refractivity contribution in [2.75, 3.05) is 20.8 Å². The molecule has 0 aliphatic rings. The summed E-state index contributed by atoms with van der Waals surface area (Å²) in [5.41, 5.74) is 3.13. The van der Waals surface area contributed by atoms with Crippen molar-refractivity contribution in [1.29, 1.82) is 0 Å². The minimum atomic E-state index is -0.524. The lowest BCUT2D eigenvalue weighted by molar-refractivity contribution is -0.124. The molecule has 0 spiro atoms. The second kappa shape index (κ2) is 9.07. The van der Waals surface area contributed by atoms with Crippen molar-refractivity contribution in [2.24, 2.45) is 0 Å². The third-order valence-corrected chi connectivity index (χ3v) is 4.07. The molecule has 1 atom stereocenters. The van der Waals surface area contributed by atoms with Crippen LogP contribution in [0.15, 0.2) is 36.4 Å². The van der Waals surface area contributed by atoms with Gasteiger partial charge in [-0.2, -0.15) is 0 Å². The van der Waals surface area contributed by atoms with E-state index in [1.165, 1.54) is 0 Å². The first-order chi connectivity index (χ1) is 12.8. The molecule has 0 saturated carbocycles. The van der Waals surface area contributed by atoms with Crippen molar-refractivity contribution in [1.82, 2.24) is 5.32 Å². The summed E-state index contributed by atoms with van der Waals surface area (Å²) in [5.74, 6) is 0.373. The van der Waals surface area contributed by atoms with Crippen LogP contribution >= 0.6 is 0 Å². The van der Waals surface area contributed by atoms with Gasteiger partial charge in [-0.25, -0.2) is 4.79 Å². The Balaban J connectivity index is 1.98. The third kappa shape index (κ3) is 5.48. The van der Waals surface area contributed by atoms with Crippen LogP contribution in [-0.2, 0) is 9.53 Å². The number of ether oxygens (including phenoxy) is 3. The number of methoxy groups -OCH3 is 2. The fourth-order valence-electron chi connectivity index (χ4n) is 2.85. The molecule has 1 N–H and O–H groups in total. The highest BCUT2D eigenvalue weighted by Crippen LogP contribution is 2.29. The second-order valence-electron chi connectivity index (χ2n) is 6.35. The van der Waals surface area contributed by atoms with Crippen molar-refractivity contribution >= 4 is 11.9 Å². The maximum Gasteiger partial charge on any atom is 0.338 e. The first-order valence-corrected chi connectivity index (χ1v) is 8.60. The molecule has 2 aromatic rings. The molecule has 0 unspecified atom stereocenters. The Bertz CT molecular complexity index is 811. The van der Waals surface area contributed by atoms with Gasteiger partial charge in [0.25, 0.3) is 5.91 Å². The Hall–Kier alpha value is -3.02. The molecule has 0 saturated heterocycles. The van der Waals surface area contributed by atoms with Crippen LogP contribution in [0.3, 0.4) is 0 Å². The van der Waals surface area contributed by atoms with Crippen molar-refractivity contribution < 1.29 is 23.8 Å². The number of aryl methyl sites for hydroxylation is 2. The highest BCUT2D eigenvalue weighted by Gasteiger charge is 2.17. The van der Waals surface area contributed by atoms with Crippen LogP contribution in [0, 0.1) is 13.8 Å². The number of hydrogen-bond acceptors (Lipinski definition) is 5. The van der Waals surface area contributed by atoms with Gasteiger partial charge in [-0.1, -0.05) is 17.2 Å². The minimum absolute atomic E-state index is 0.345. The molecule has 0 aromatic heterocycles. The maximum absolute atomic E-state index is 12.2. The van der Waals surface area contributed by atoms with Gasteiger partial charge in [0, 0.05) is 5.56 Å². The smallest absolute Gasteiger partial charge is 0.338 e. The standard InChI is InChI=1S/C21H25NO5/c1-13-8-14(2)10-16(9-13)21(24)27-12-20(23)22-15(3)18-11-17(25-4)6-7-19(18)26-5/h6-11,15H,12H2,1-5H3,(H,22,23)/t15-/m0/s1. The summed E-state index contributed by atoms with van der Waals surface area (Å²) in [6, 6.07) is 10.4. The quantitative estimate of drug-likeness (QED) is 0.756. The molecule has 0 heterocycles. The van der Waals surface area contributed by atoms with E-state index < -0.39 is 11.9 Å². The van der Waals surface area contributed by atoms with Crippen LogP contribution in [-0.4, -0.2) is 32.7 Å². The molecule has 0 aliphatic carbocycles. The van der Waals surface area contributed by atoms with Crippen LogP contribution in [0.5, 0.6) is 11.5 Å². The number of hydrogen-bond donors (Lipinski definition) is 1. The molecule has 1 amide bonds. The number of amides is 1. The maximum atomic E-state index is 12.2. The molecule has 2 aromatic carbocycles. The van der Waals surface area contributed by atoms with E-state index in [0.717, 1.165) is 16.7 Å². The van der Waals surface area contributed by atoms with E-state index in [1.807, 2.05) is 26.8 Å². The van der Waals surface area contributed by atoms with E-state index in [4.69, 9.17) is 14.2 Å². The zero-order valence-corrected chi connectivity index (χ0v) is 16.3. The average molecular weight is 371 g/mol. The topological polar surface area (TPSA) is 73.9 Å². The lowest BCUT2D eigenvalue weighted by Crippen LogP contribution is -2.31. The van der Waals surface area contributed by atoms with Crippen LogP contribution in [0.4, 0.5) is 0 Å². The summed E-state index contributed by atoms with van der Waals surface area (Å²) in [4.78, 5) is 24.3. The van der Waals surface area contributed by atoms with Gasteiger partial charge in [-0.15, -0.1) is 0 Å². The van der Waals surface area contributed by atoms with Crippen molar-refractivity contribution in [3.8, 4) is 11.5 Å². The number of benzene rings is 2. The number of rotatable bonds is 7. The minimum Gasteiger partial charge on any atom is -0.497 e. The summed E-state index contributed by atoms with van der Waals surface area (Å²) < 4.78 is 15.7. The van der Waals surface area contributed by atoms with E-state index in [0.29, 0.717) is 17.1 Å². The lowest BCUT2D eigenvalue weighted by atomic mass is 10.1. The Kier molecular flexibility index (Phi) is 6.82. The fourth-order valence-corrected chi connectivity index (χ4v) is 2.85. The lowest BCUT2D eigenvalue weighted by Gasteiger charge is -2.18. The van der Waals surface area contributed by atoms with Gasteiger partial charge in [0.05, 0.1) is 25.8 Å². The van der Waals surface area contributed by atoms with E-state index in [2.05, 4.69) is 5.32 Å². The van der Waals surface area contributed by atoms with Crippen LogP contribution in [0.2, 0.25) is 0 Å². The van der Waals surface area contributed by atoms with Crippen molar-refractivity contribution in [3.05, 3.63) is 58.7 Å². The van der Waals surface area contributed by atoms with Crippen LogP contribution in [0.1, 0.15) is 40.0 Å². The predicted molar refractivity (Wildman–Crippen MR) is 102 cm³/mol. The van der Waals surface area contributed by atoms with Gasteiger partial charge >= 0.3 is 5.97 Å². The summed E-state index contributed by atoms with van der Waals surface area (Å²) >= 11 is 0. The predicted octanol–water partition coefficient (Wildman–Crippen LogP) is 3.35. The molecular formula is C21H25NO5. The summed E-state index contributed by atoms with van der Waals surface area (Å²) in [6.07, 6.45) is 0. The van der Waals surface area contributed by atoms with Gasteiger partial charge in [0.15, 0.2) is 6.61 Å². The van der Waals surface area contributed by atoms with E-state index in [1.54, 1.807) is 44.6 Å². The first kappa shape index (κ1) is 20.3. The fraction of sp³-hybridized carbons (Fsp3) is 0.333. The van der Waals surface area contributed by atoms with Gasteiger partial charge in [0.1, 0.15) is 11.5 Å². The monoisotopic (exact) mass is 371 g/mol. The number of carbonyl (C=O) groups is 2. The van der Waals surface area contributed by atoms with Gasteiger partial charge < -0.3 is 19.5 Å². The highest BCUT2D eigenvalue weighted by atomic mass is 16.5. The highest BCUT2D eigenvalue weighted by molar-refractivity contribution is 5.91. The number of nitrogens with one attached hydrogen (secondary N) is 1. The molecule has 0 aliphatic heterocycles. The summed E-state index contributed by atoms with van der Waals surface area (Å²) in [5, 5.41) is 2.80. The zero-order chi connectivity index (χ0) is 20.0. The summed E-state index contributed by atoms with van der Waals surface area (Å²) in [6.45, 7) is 5.27. The molecule has 6 nitrogen and oxygen atoms in total. The van der Waals surface area contributed by atoms with E-state index in [-0.39, 0.29) is 12.6 Å². The Labute approximate surface area is 159 Å². The van der Waals surface area contributed by atoms with Crippen LogP contribution < -0.4 is 14.8 Å². The van der Waals surface area contributed by atoms with Gasteiger partial charge in [0.2, 0.25) is 0 Å². The molecule has 27 heavy (non-hydrogen) atoms.